The van der Waals surface area contributed by atoms with Crippen molar-refractivity contribution in [3.8, 4) is 0 Å². The maximum absolute atomic E-state index is 14.0. The van der Waals surface area contributed by atoms with Crippen LogP contribution in [0.1, 0.15) is 111 Å². The van der Waals surface area contributed by atoms with Crippen LogP contribution in [0.25, 0.3) is 0 Å². The summed E-state index contributed by atoms with van der Waals surface area (Å²) < 4.78 is 0. The zero-order valence-electron chi connectivity index (χ0n) is 29.2. The molecule has 5 amide bonds. The van der Waals surface area contributed by atoms with Gasteiger partial charge in [0.05, 0.1) is 19.0 Å². The van der Waals surface area contributed by atoms with E-state index >= 15 is 0 Å². The third-order valence-corrected chi connectivity index (χ3v) is 13.5. The van der Waals surface area contributed by atoms with Gasteiger partial charge in [-0.05, 0) is 68.1 Å². The van der Waals surface area contributed by atoms with Crippen molar-refractivity contribution in [2.75, 3.05) is 13.1 Å². The zero-order valence-corrected chi connectivity index (χ0v) is 29.2. The normalized spacial score (nSPS) is 30.8. The van der Waals surface area contributed by atoms with Gasteiger partial charge in [0.25, 0.3) is 5.91 Å². The number of likely N-dealkylation sites (tertiary alicyclic amines) is 1. The van der Waals surface area contributed by atoms with Gasteiger partial charge >= 0.3 is 0 Å². The highest BCUT2D eigenvalue weighted by Crippen LogP contribution is 2.88. The minimum Gasteiger partial charge on any atom is -0.370 e. The lowest BCUT2D eigenvalue weighted by Crippen LogP contribution is -2.61. The van der Waals surface area contributed by atoms with Crippen molar-refractivity contribution in [1.82, 2.24) is 26.2 Å². The van der Waals surface area contributed by atoms with Gasteiger partial charge in [-0.15, -0.1) is 0 Å². The SMILES string of the molecule is CC1(CC(=O)N[C@H](C(=O)NCC(=O)N2C[C@]3(C[C@H]2C(=O)NC(CC2CCC2)C(=O)C(N)=O)C(C)(C)C32CCC2)C2CCCCC2)N=C(N)N1. The van der Waals surface area contributed by atoms with Crippen molar-refractivity contribution in [1.29, 1.82) is 0 Å². The first-order valence-electron chi connectivity index (χ1n) is 18.3. The smallest absolute Gasteiger partial charge is 0.287 e. The Kier molecular flexibility index (Phi) is 9.23. The van der Waals surface area contributed by atoms with Crippen molar-refractivity contribution in [2.24, 2.45) is 44.5 Å². The first-order valence-corrected chi connectivity index (χ1v) is 18.3. The van der Waals surface area contributed by atoms with Crippen LogP contribution in [0.5, 0.6) is 0 Å². The number of amides is 5. The van der Waals surface area contributed by atoms with Gasteiger partial charge in [0.15, 0.2) is 5.96 Å². The third-order valence-electron chi connectivity index (χ3n) is 13.5. The molecule has 2 unspecified atom stereocenters. The number of fused-ring (bicyclic) bond motifs is 1. The number of guanidine groups is 1. The Labute approximate surface area is 288 Å². The van der Waals surface area contributed by atoms with Crippen molar-refractivity contribution >= 4 is 41.3 Å². The first kappa shape index (κ1) is 35.1. The van der Waals surface area contributed by atoms with Gasteiger partial charge in [0.1, 0.15) is 17.7 Å². The summed E-state index contributed by atoms with van der Waals surface area (Å²) in [5.74, 6) is -3.14. The van der Waals surface area contributed by atoms with E-state index < -0.39 is 53.2 Å². The van der Waals surface area contributed by atoms with Gasteiger partial charge in [0.2, 0.25) is 29.4 Å². The molecule has 6 rings (SSSR count). The fourth-order valence-electron chi connectivity index (χ4n) is 10.2. The van der Waals surface area contributed by atoms with E-state index in [0.29, 0.717) is 19.4 Å². The minimum absolute atomic E-state index is 0.00726. The molecule has 5 fully saturated rings. The van der Waals surface area contributed by atoms with Crippen molar-refractivity contribution < 1.29 is 28.8 Å². The highest BCUT2D eigenvalue weighted by atomic mass is 16.2. The number of ketones is 1. The lowest BCUT2D eigenvalue weighted by atomic mass is 9.73. The number of hydrogen-bond donors (Lipinski definition) is 6. The average molecular weight is 683 g/mol. The molecule has 1 saturated heterocycles. The molecule has 0 bridgehead atoms. The summed E-state index contributed by atoms with van der Waals surface area (Å²) in [7, 11) is 0. The number of nitrogens with two attached hydrogens (primary N) is 2. The third kappa shape index (κ3) is 6.17. The summed E-state index contributed by atoms with van der Waals surface area (Å²) in [6, 6.07) is -2.71. The van der Waals surface area contributed by atoms with Crippen LogP contribution in [0.3, 0.4) is 0 Å². The number of nitrogens with zero attached hydrogens (tertiary/aromatic N) is 2. The number of aliphatic imine (C=N–C) groups is 1. The summed E-state index contributed by atoms with van der Waals surface area (Å²) in [5, 5.41) is 11.5. The Hall–Kier alpha value is -3.71. The predicted octanol–water partition coefficient (Wildman–Crippen LogP) is 0.719. The van der Waals surface area contributed by atoms with E-state index in [1.54, 1.807) is 11.8 Å². The number of rotatable bonds is 13. The molecule has 0 radical (unpaired) electrons. The van der Waals surface area contributed by atoms with Crippen LogP contribution in [0.2, 0.25) is 0 Å². The molecule has 4 aliphatic carbocycles. The molecule has 2 heterocycles. The van der Waals surface area contributed by atoms with E-state index in [9.17, 15) is 28.8 Å². The van der Waals surface area contributed by atoms with Crippen molar-refractivity contribution in [3.63, 3.8) is 0 Å². The minimum atomic E-state index is -1.09. The van der Waals surface area contributed by atoms with Gasteiger partial charge in [-0.3, -0.25) is 28.8 Å². The second-order valence-electron chi connectivity index (χ2n) is 16.4. The average Bonchev–Trinajstić information content (AvgIpc) is 3.22. The number of carbonyl (C=O) groups is 6. The molecule has 14 nitrogen and oxygen atoms in total. The highest BCUT2D eigenvalue weighted by molar-refractivity contribution is 6.37. The molecule has 8 N–H and O–H groups in total. The molecule has 4 saturated carbocycles. The molecule has 6 aliphatic rings. The lowest BCUT2D eigenvalue weighted by molar-refractivity contribution is -0.142. The van der Waals surface area contributed by atoms with Crippen LogP contribution in [0.15, 0.2) is 4.99 Å². The maximum atomic E-state index is 14.0. The Balaban J connectivity index is 1.16. The molecule has 14 heteroatoms. The largest absolute Gasteiger partial charge is 0.370 e. The number of carbonyl (C=O) groups excluding carboxylic acids is 6. The van der Waals surface area contributed by atoms with Crippen LogP contribution in [0, 0.1) is 28.1 Å². The second kappa shape index (κ2) is 12.9. The van der Waals surface area contributed by atoms with E-state index in [-0.39, 0.29) is 52.9 Å². The standard InChI is InChI=1S/C35H54N8O6/c1-32(2)34(13-8-14-34)35(32)16-23(29(48)39-22(27(46)28(36)47)15-20-9-7-10-20)43(19-35)25(45)18-38-30(49)26(21-11-5-4-6-12-21)40-24(44)17-33(3)41-31(37)42-33/h20-23,26H,4-19H2,1-3H3,(H2,36,47)(H,38,49)(H,39,48)(H,40,44)(H3,37,41,42)/t22?,23-,26-,35+/m0/s1. The maximum Gasteiger partial charge on any atom is 0.287 e. The van der Waals surface area contributed by atoms with E-state index in [0.717, 1.165) is 70.6 Å². The molecular formula is C35H54N8O6. The van der Waals surface area contributed by atoms with E-state index in [1.807, 2.05) is 0 Å². The predicted molar refractivity (Wildman–Crippen MR) is 180 cm³/mol. The molecule has 2 spiro atoms. The second-order valence-corrected chi connectivity index (χ2v) is 16.4. The number of Topliss-reactive ketones (excluding diaryl/α,β-unsaturated/α-hetero) is 1. The van der Waals surface area contributed by atoms with Gasteiger partial charge < -0.3 is 37.6 Å². The van der Waals surface area contributed by atoms with Crippen molar-refractivity contribution in [2.45, 2.75) is 134 Å². The number of primary amides is 1. The first-order chi connectivity index (χ1) is 23.1. The number of hydrogen-bond acceptors (Lipinski definition) is 9. The van der Waals surface area contributed by atoms with Crippen LogP contribution in [-0.2, 0) is 28.8 Å². The fourth-order valence-corrected chi connectivity index (χ4v) is 10.2. The fraction of sp³-hybridized carbons (Fsp3) is 0.800. The Morgan fingerprint density at radius 1 is 0.939 bits per heavy atom. The van der Waals surface area contributed by atoms with Crippen molar-refractivity contribution in [3.05, 3.63) is 0 Å². The molecule has 0 aromatic heterocycles. The zero-order chi connectivity index (χ0) is 35.4. The summed E-state index contributed by atoms with van der Waals surface area (Å²) >= 11 is 0. The highest BCUT2D eigenvalue weighted by Gasteiger charge is 2.85. The summed E-state index contributed by atoms with van der Waals surface area (Å²) in [5.41, 5.74) is 9.87. The van der Waals surface area contributed by atoms with E-state index in [4.69, 9.17) is 11.5 Å². The Morgan fingerprint density at radius 3 is 2.14 bits per heavy atom. The molecule has 5 atom stereocenters. The van der Waals surface area contributed by atoms with E-state index in [2.05, 4.69) is 40.1 Å². The summed E-state index contributed by atoms with van der Waals surface area (Å²) in [6.45, 7) is 6.22. The van der Waals surface area contributed by atoms with Gasteiger partial charge in [0, 0.05) is 12.0 Å². The summed E-state index contributed by atoms with van der Waals surface area (Å²) in [6.07, 6.45) is 11.4. The lowest BCUT2D eigenvalue weighted by Gasteiger charge is -2.36. The molecule has 0 aromatic rings. The number of nitrogens with one attached hydrogen (secondary N) is 4. The van der Waals surface area contributed by atoms with Gasteiger partial charge in [-0.25, -0.2) is 4.99 Å². The molecular weight excluding hydrogens is 628 g/mol. The topological polar surface area (TPSA) is 218 Å². The molecule has 270 valence electrons. The van der Waals surface area contributed by atoms with Crippen LogP contribution < -0.4 is 32.7 Å². The quantitative estimate of drug-likeness (QED) is 0.152. The Bertz CT molecular complexity index is 1430. The monoisotopic (exact) mass is 682 g/mol. The molecule has 2 aliphatic heterocycles. The van der Waals surface area contributed by atoms with Gasteiger partial charge in [-0.2, -0.15) is 0 Å². The van der Waals surface area contributed by atoms with Crippen LogP contribution in [-0.4, -0.2) is 83.1 Å². The van der Waals surface area contributed by atoms with Gasteiger partial charge in [-0.1, -0.05) is 58.8 Å². The van der Waals surface area contributed by atoms with Crippen LogP contribution in [0.4, 0.5) is 0 Å². The molecule has 49 heavy (non-hydrogen) atoms. The van der Waals surface area contributed by atoms with E-state index in [1.165, 1.54) is 0 Å². The Morgan fingerprint density at radius 2 is 1.61 bits per heavy atom. The summed E-state index contributed by atoms with van der Waals surface area (Å²) in [4.78, 5) is 85.2. The van der Waals surface area contributed by atoms with Crippen LogP contribution >= 0.6 is 0 Å². The molecule has 0 aromatic carbocycles.